The number of amides is 2. The van der Waals surface area contributed by atoms with E-state index >= 15 is 0 Å². The number of aromatic carboxylic acids is 1. The summed E-state index contributed by atoms with van der Waals surface area (Å²) in [6.07, 6.45) is -0.0467. The molecule has 1 atom stereocenters. The van der Waals surface area contributed by atoms with E-state index in [1.54, 1.807) is 17.4 Å². The van der Waals surface area contributed by atoms with E-state index in [2.05, 4.69) is 46.5 Å². The Hall–Kier alpha value is -4.54. The van der Waals surface area contributed by atoms with Crippen LogP contribution in [0.4, 0.5) is 5.69 Å². The fourth-order valence-corrected chi connectivity index (χ4v) is 6.31. The summed E-state index contributed by atoms with van der Waals surface area (Å²) in [5.74, 6) is 4.70. The van der Waals surface area contributed by atoms with Crippen LogP contribution in [0, 0.1) is 32.6 Å². The highest BCUT2D eigenvalue weighted by molar-refractivity contribution is 7.15. The molecule has 0 saturated carbocycles. The Kier molecular flexibility index (Phi) is 11.0. The maximum absolute atomic E-state index is 13.2. The minimum Gasteiger partial charge on any atom is -0.478 e. The van der Waals surface area contributed by atoms with Crippen LogP contribution >= 0.6 is 35.3 Å². The average Bonchev–Trinajstić information content (AvgIpc) is 3.48. The van der Waals surface area contributed by atoms with Crippen molar-refractivity contribution >= 4 is 64.5 Å². The largest absolute Gasteiger partial charge is 0.478 e. The maximum atomic E-state index is 13.2. The summed E-state index contributed by atoms with van der Waals surface area (Å²) in [6.45, 7) is 6.14. The molecule has 2 amide bonds. The molecule has 2 aromatic carbocycles. The second kappa shape index (κ2) is 14.7. The molecule has 5 N–H and O–H groups in total. The van der Waals surface area contributed by atoms with Crippen LogP contribution in [0.5, 0.6) is 0 Å². The first-order valence-corrected chi connectivity index (χ1v) is 15.3. The minimum absolute atomic E-state index is 0. The van der Waals surface area contributed by atoms with E-state index < -0.39 is 17.9 Å². The van der Waals surface area contributed by atoms with Crippen molar-refractivity contribution in [3.63, 3.8) is 0 Å². The number of rotatable bonds is 8. The Morgan fingerprint density at radius 2 is 1.83 bits per heavy atom. The Morgan fingerprint density at radius 3 is 2.52 bits per heavy atom. The van der Waals surface area contributed by atoms with Crippen LogP contribution in [0.25, 0.3) is 5.00 Å². The summed E-state index contributed by atoms with van der Waals surface area (Å²) in [7, 11) is 0. The maximum Gasteiger partial charge on any atom is 0.337 e. The number of halogens is 2. The number of aromatic nitrogens is 3. The SMILES string of the molecule is Cc1sc2c(c1C)C(c1ccc(Cl)cc1)=N[C@@H](CC(=O)NCCC(=O)Nc1ccc(C#CCN)c(C(=O)O)c1)c1nnc(C)n1-2.Cl. The molecule has 4 aromatic rings. The lowest BCUT2D eigenvalue weighted by Crippen LogP contribution is -2.29. The number of nitrogens with two attached hydrogens (primary N) is 1. The first-order chi connectivity index (χ1) is 21.6. The number of carbonyl (C=O) groups is 3. The number of aliphatic imine (C=N–C) groups is 1. The van der Waals surface area contributed by atoms with Crippen LogP contribution in [-0.4, -0.2) is 56.5 Å². The molecule has 0 spiro atoms. The molecule has 14 heteroatoms. The van der Waals surface area contributed by atoms with Crippen LogP contribution in [0.15, 0.2) is 47.5 Å². The third-order valence-corrected chi connectivity index (χ3v) is 8.71. The zero-order chi connectivity index (χ0) is 32.2. The van der Waals surface area contributed by atoms with Gasteiger partial charge < -0.3 is 21.5 Å². The van der Waals surface area contributed by atoms with Crippen molar-refractivity contribution in [1.82, 2.24) is 20.1 Å². The Labute approximate surface area is 280 Å². The van der Waals surface area contributed by atoms with Crippen molar-refractivity contribution in [2.45, 2.75) is 39.7 Å². The average molecular weight is 681 g/mol. The van der Waals surface area contributed by atoms with Gasteiger partial charge in [-0.15, -0.1) is 33.9 Å². The normalized spacial score (nSPS) is 13.2. The smallest absolute Gasteiger partial charge is 0.337 e. The molecule has 0 radical (unpaired) electrons. The number of nitrogens with zero attached hydrogens (tertiary/aromatic N) is 4. The highest BCUT2D eigenvalue weighted by Gasteiger charge is 2.32. The number of benzene rings is 2. The van der Waals surface area contributed by atoms with Gasteiger partial charge in [-0.25, -0.2) is 4.79 Å². The van der Waals surface area contributed by atoms with Gasteiger partial charge in [0.1, 0.15) is 16.9 Å². The number of thiophene rings is 1. The molecule has 0 bridgehead atoms. The van der Waals surface area contributed by atoms with Crippen LogP contribution in [-0.2, 0) is 9.59 Å². The van der Waals surface area contributed by atoms with Gasteiger partial charge in [-0.1, -0.05) is 35.6 Å². The van der Waals surface area contributed by atoms with Gasteiger partial charge in [-0.2, -0.15) is 0 Å². The molecule has 3 heterocycles. The van der Waals surface area contributed by atoms with Gasteiger partial charge in [-0.05, 0) is 56.7 Å². The lowest BCUT2D eigenvalue weighted by atomic mass is 9.99. The second-order valence-corrected chi connectivity index (χ2v) is 12.0. The molecule has 5 rings (SSSR count). The highest BCUT2D eigenvalue weighted by Crippen LogP contribution is 2.39. The summed E-state index contributed by atoms with van der Waals surface area (Å²) >= 11 is 7.80. The van der Waals surface area contributed by atoms with Crippen molar-refractivity contribution in [2.24, 2.45) is 10.7 Å². The van der Waals surface area contributed by atoms with E-state index in [9.17, 15) is 19.5 Å². The molecule has 0 unspecified atom stereocenters. The second-order valence-electron chi connectivity index (χ2n) is 10.3. The Morgan fingerprint density at radius 1 is 1.09 bits per heavy atom. The summed E-state index contributed by atoms with van der Waals surface area (Å²) in [4.78, 5) is 43.7. The highest BCUT2D eigenvalue weighted by atomic mass is 35.5. The van der Waals surface area contributed by atoms with Crippen LogP contribution in [0.1, 0.15) is 68.0 Å². The number of hydrogen-bond acceptors (Lipinski definition) is 8. The van der Waals surface area contributed by atoms with Crippen molar-refractivity contribution in [3.8, 4) is 16.8 Å². The number of fused-ring (bicyclic) bond motifs is 3. The van der Waals surface area contributed by atoms with Gasteiger partial charge in [0.25, 0.3) is 0 Å². The number of carbonyl (C=O) groups excluding carboxylic acids is 2. The lowest BCUT2D eigenvalue weighted by Gasteiger charge is -2.13. The first-order valence-electron chi connectivity index (χ1n) is 14.1. The third-order valence-electron chi connectivity index (χ3n) is 7.27. The topological polar surface area (TPSA) is 165 Å². The van der Waals surface area contributed by atoms with E-state index in [-0.39, 0.29) is 49.8 Å². The van der Waals surface area contributed by atoms with Gasteiger partial charge in [0.2, 0.25) is 11.8 Å². The van der Waals surface area contributed by atoms with Gasteiger partial charge >= 0.3 is 5.97 Å². The van der Waals surface area contributed by atoms with E-state index in [0.29, 0.717) is 27.9 Å². The predicted molar refractivity (Wildman–Crippen MR) is 181 cm³/mol. The van der Waals surface area contributed by atoms with Crippen molar-refractivity contribution in [1.29, 1.82) is 0 Å². The summed E-state index contributed by atoms with van der Waals surface area (Å²) in [5, 5.41) is 25.3. The quantitative estimate of drug-likeness (QED) is 0.195. The lowest BCUT2D eigenvalue weighted by molar-refractivity contribution is -0.121. The molecule has 1 aliphatic rings. The number of hydrogen-bond donors (Lipinski definition) is 4. The molecule has 11 nitrogen and oxygen atoms in total. The number of carboxylic acids is 1. The van der Waals surface area contributed by atoms with Crippen molar-refractivity contribution in [2.75, 3.05) is 18.4 Å². The molecular weight excluding hydrogens is 649 g/mol. The zero-order valence-electron chi connectivity index (χ0n) is 25.2. The summed E-state index contributed by atoms with van der Waals surface area (Å²) in [5.41, 5.74) is 9.60. The van der Waals surface area contributed by atoms with Gasteiger partial charge in [0, 0.05) is 45.2 Å². The van der Waals surface area contributed by atoms with E-state index in [1.807, 2.05) is 35.8 Å². The zero-order valence-corrected chi connectivity index (χ0v) is 27.6. The monoisotopic (exact) mass is 679 g/mol. The summed E-state index contributed by atoms with van der Waals surface area (Å²) < 4.78 is 1.97. The molecule has 2 aromatic heterocycles. The molecule has 1 aliphatic heterocycles. The molecule has 46 heavy (non-hydrogen) atoms. The Bertz CT molecular complexity index is 1910. The van der Waals surface area contributed by atoms with Gasteiger partial charge in [0.15, 0.2) is 5.82 Å². The van der Waals surface area contributed by atoms with Crippen LogP contribution < -0.4 is 16.4 Å². The molecule has 0 aliphatic carbocycles. The standard InChI is InChI=1S/C32H30ClN7O4S.ClH/c1-17-18(2)45-31-28(17)29(21-6-9-22(33)10-7-21)37-25(30-39-38-19(3)40(30)31)16-27(42)35-14-12-26(41)36-23-11-8-20(5-4-13-34)24(15-23)32(43)44;/h6-11,15,25H,12-14,16,34H2,1-3H3,(H,35,42)(H,36,41)(H,43,44);1H/t25-;/m0./s1. The minimum atomic E-state index is -1.17. The number of anilines is 1. The Balaban J connectivity index is 0.00000480. The molecule has 0 fully saturated rings. The first kappa shape index (κ1) is 34.3. The third kappa shape index (κ3) is 7.29. The van der Waals surface area contributed by atoms with E-state index in [4.69, 9.17) is 22.3 Å². The number of nitrogens with one attached hydrogen (secondary N) is 2. The van der Waals surface area contributed by atoms with Crippen molar-refractivity contribution < 1.29 is 19.5 Å². The fourth-order valence-electron chi connectivity index (χ4n) is 4.97. The van der Waals surface area contributed by atoms with Crippen LogP contribution in [0.2, 0.25) is 5.02 Å². The van der Waals surface area contributed by atoms with E-state index in [1.165, 1.54) is 12.1 Å². The number of aryl methyl sites for hydroxylation is 2. The molecular formula is C32H31Cl2N7O4S. The van der Waals surface area contributed by atoms with Gasteiger partial charge in [-0.3, -0.25) is 19.1 Å². The molecule has 0 saturated heterocycles. The number of carboxylic acid groups (broad SMARTS) is 1. The van der Waals surface area contributed by atoms with Gasteiger partial charge in [0.05, 0.1) is 24.2 Å². The van der Waals surface area contributed by atoms with E-state index in [0.717, 1.165) is 32.3 Å². The summed E-state index contributed by atoms with van der Waals surface area (Å²) in [6, 6.07) is 11.2. The fraction of sp³-hybridized carbons (Fsp3) is 0.250. The van der Waals surface area contributed by atoms with Crippen LogP contribution in [0.3, 0.4) is 0 Å². The predicted octanol–water partition coefficient (Wildman–Crippen LogP) is 4.76. The van der Waals surface area contributed by atoms with Crippen molar-refractivity contribution in [3.05, 3.63) is 91.8 Å². The molecule has 238 valence electrons.